The SMILES string of the molecule is [2H]C([2H])(Br)c1ccccc1.[2H]C([2H])(O)c1ccccc1. The van der Waals surface area contributed by atoms with Crippen molar-refractivity contribution in [1.29, 1.82) is 0 Å². The first-order valence-corrected chi connectivity index (χ1v) is 5.53. The van der Waals surface area contributed by atoms with Crippen LogP contribution in [0.3, 0.4) is 0 Å². The Labute approximate surface area is 111 Å². The summed E-state index contributed by atoms with van der Waals surface area (Å²) in [7, 11) is 0. The van der Waals surface area contributed by atoms with Gasteiger partial charge < -0.3 is 5.11 Å². The van der Waals surface area contributed by atoms with E-state index >= 15 is 0 Å². The third kappa shape index (κ3) is 5.10. The summed E-state index contributed by atoms with van der Waals surface area (Å²) in [5.74, 6) is 0. The zero-order valence-corrected chi connectivity index (χ0v) is 10.2. The Hall–Kier alpha value is -1.12. The average molecular weight is 283 g/mol. The monoisotopic (exact) mass is 282 g/mol. The lowest BCUT2D eigenvalue weighted by Crippen LogP contribution is -1.77. The number of alkyl halides is 1. The van der Waals surface area contributed by atoms with Crippen molar-refractivity contribution in [3.05, 3.63) is 71.8 Å². The molecule has 0 aliphatic heterocycles. The van der Waals surface area contributed by atoms with Gasteiger partial charge in [0, 0.05) is 8.02 Å². The Morgan fingerprint density at radius 2 is 1.31 bits per heavy atom. The maximum absolute atomic E-state index is 8.82. The molecule has 2 heteroatoms. The number of halogens is 1. The molecule has 0 aliphatic carbocycles. The van der Waals surface area contributed by atoms with E-state index in [1.54, 1.807) is 42.5 Å². The molecule has 0 amide bonds. The van der Waals surface area contributed by atoms with E-state index in [1.807, 2.05) is 18.2 Å². The molecule has 0 saturated carbocycles. The molecular formula is C14H15BrO. The number of hydrogen-bond donors (Lipinski definition) is 1. The van der Waals surface area contributed by atoms with Crippen molar-refractivity contribution in [2.24, 2.45) is 0 Å². The summed E-state index contributed by atoms with van der Waals surface area (Å²) in [6, 6.07) is 17.2. The minimum Gasteiger partial charge on any atom is -0.392 e. The molecule has 84 valence electrons. The molecule has 16 heavy (non-hydrogen) atoms. The smallest absolute Gasteiger partial charge is 0.0681 e. The molecule has 0 spiro atoms. The lowest BCUT2D eigenvalue weighted by atomic mass is 10.2. The van der Waals surface area contributed by atoms with Crippen LogP contribution in [0.4, 0.5) is 0 Å². The first-order chi connectivity index (χ1) is 9.21. The second-order valence-electron chi connectivity index (χ2n) is 2.94. The van der Waals surface area contributed by atoms with Gasteiger partial charge in [0.1, 0.15) is 0 Å². The Balaban J connectivity index is 0.000000200. The van der Waals surface area contributed by atoms with Crippen LogP contribution < -0.4 is 0 Å². The number of rotatable bonds is 2. The highest BCUT2D eigenvalue weighted by atomic mass is 79.9. The lowest BCUT2D eigenvalue weighted by molar-refractivity contribution is 0.282. The van der Waals surface area contributed by atoms with Gasteiger partial charge in [-0.2, -0.15) is 0 Å². The molecule has 1 nitrogen and oxygen atoms in total. The van der Waals surface area contributed by atoms with E-state index in [-0.39, 0.29) is 5.56 Å². The van der Waals surface area contributed by atoms with Crippen LogP contribution in [-0.2, 0) is 11.8 Å². The lowest BCUT2D eigenvalue weighted by Gasteiger charge is -1.89. The normalized spacial score (nSPS) is 14.6. The number of aliphatic hydroxyl groups is 1. The molecule has 2 aromatic rings. The minimum absolute atomic E-state index is 0.287. The Kier molecular flexibility index (Phi) is 4.06. The summed E-state index contributed by atoms with van der Waals surface area (Å²) in [6.07, 6.45) is 0. The van der Waals surface area contributed by atoms with Crippen molar-refractivity contribution >= 4 is 15.9 Å². The highest BCUT2D eigenvalue weighted by molar-refractivity contribution is 9.08. The predicted molar refractivity (Wildman–Crippen MR) is 71.4 cm³/mol. The van der Waals surface area contributed by atoms with Crippen molar-refractivity contribution in [2.75, 3.05) is 0 Å². The maximum atomic E-state index is 8.82. The number of hydrogen-bond acceptors (Lipinski definition) is 1. The molecule has 2 rings (SSSR count). The second-order valence-corrected chi connectivity index (χ2v) is 3.33. The molecule has 0 saturated heterocycles. The largest absolute Gasteiger partial charge is 0.392 e. The van der Waals surface area contributed by atoms with E-state index in [4.69, 9.17) is 10.6 Å². The van der Waals surface area contributed by atoms with Crippen LogP contribution in [0.1, 0.15) is 16.6 Å². The average Bonchev–Trinajstić information content (AvgIpc) is 2.40. The quantitative estimate of drug-likeness (QED) is 0.832. The van der Waals surface area contributed by atoms with E-state index in [1.165, 1.54) is 0 Å². The fraction of sp³-hybridized carbons (Fsp3) is 0.143. The van der Waals surface area contributed by atoms with E-state index < -0.39 is 11.8 Å². The number of benzene rings is 2. The Morgan fingerprint density at radius 1 is 0.875 bits per heavy atom. The van der Waals surface area contributed by atoms with E-state index in [0.717, 1.165) is 0 Å². The van der Waals surface area contributed by atoms with Gasteiger partial charge >= 0.3 is 0 Å². The zero-order valence-electron chi connectivity index (χ0n) is 12.6. The van der Waals surface area contributed by atoms with Gasteiger partial charge in [0.25, 0.3) is 0 Å². The summed E-state index contributed by atoms with van der Waals surface area (Å²) in [5.41, 5.74) is 0.935. The Morgan fingerprint density at radius 3 is 1.56 bits per heavy atom. The molecular weight excluding hydrogens is 264 g/mol. The van der Waals surface area contributed by atoms with Crippen LogP contribution >= 0.6 is 15.9 Å². The van der Waals surface area contributed by atoms with Gasteiger partial charge in [-0.1, -0.05) is 76.6 Å². The maximum Gasteiger partial charge on any atom is 0.0681 e. The molecule has 0 unspecified atom stereocenters. The summed E-state index contributed by atoms with van der Waals surface area (Å²) >= 11 is 2.92. The molecule has 0 radical (unpaired) electrons. The molecule has 0 aliphatic rings. The standard InChI is InChI=1S/C7H7Br.C7H8O/c2*8-6-7-4-2-1-3-5-7/h1-5H,6H2;1-5,8H,6H2/i2*6D2. The van der Waals surface area contributed by atoms with Crippen LogP contribution in [-0.4, -0.2) is 5.11 Å². The van der Waals surface area contributed by atoms with Crippen LogP contribution in [0.2, 0.25) is 0 Å². The molecule has 0 aromatic heterocycles. The van der Waals surface area contributed by atoms with Crippen LogP contribution in [0.5, 0.6) is 0 Å². The third-order valence-electron chi connectivity index (χ3n) is 1.79. The fourth-order valence-electron chi connectivity index (χ4n) is 1.01. The van der Waals surface area contributed by atoms with Crippen molar-refractivity contribution in [2.45, 2.75) is 11.8 Å². The van der Waals surface area contributed by atoms with Crippen molar-refractivity contribution < 1.29 is 10.6 Å². The topological polar surface area (TPSA) is 20.2 Å². The van der Waals surface area contributed by atoms with E-state index in [9.17, 15) is 0 Å². The molecule has 0 bridgehead atoms. The molecule has 1 N–H and O–H groups in total. The summed E-state index contributed by atoms with van der Waals surface area (Å²) in [6.45, 7) is -2.21. The first kappa shape index (κ1) is 8.04. The van der Waals surface area contributed by atoms with Gasteiger partial charge in [-0.3, -0.25) is 0 Å². The highest BCUT2D eigenvalue weighted by Gasteiger charge is 1.81. The summed E-state index contributed by atoms with van der Waals surface area (Å²) in [4.78, 5) is 0. The van der Waals surface area contributed by atoms with Gasteiger partial charge in [-0.25, -0.2) is 0 Å². The van der Waals surface area contributed by atoms with Crippen LogP contribution in [0.25, 0.3) is 0 Å². The van der Waals surface area contributed by atoms with Gasteiger partial charge in [0.05, 0.1) is 9.30 Å². The van der Waals surface area contributed by atoms with Gasteiger partial charge in [0.2, 0.25) is 0 Å². The van der Waals surface area contributed by atoms with Crippen molar-refractivity contribution in [3.63, 3.8) is 0 Å². The third-order valence-corrected chi connectivity index (χ3v) is 2.24. The van der Waals surface area contributed by atoms with Gasteiger partial charge in [0.15, 0.2) is 0 Å². The van der Waals surface area contributed by atoms with E-state index in [0.29, 0.717) is 5.56 Å². The molecule has 2 aromatic carbocycles. The highest BCUT2D eigenvalue weighted by Crippen LogP contribution is 2.02. The van der Waals surface area contributed by atoms with Crippen LogP contribution in [0, 0.1) is 0 Å². The zero-order chi connectivity index (χ0) is 15.2. The van der Waals surface area contributed by atoms with Gasteiger partial charge in [-0.05, 0) is 11.1 Å². The van der Waals surface area contributed by atoms with Gasteiger partial charge in [-0.15, -0.1) is 0 Å². The predicted octanol–water partition coefficient (Wildman–Crippen LogP) is 3.76. The molecule has 0 atom stereocenters. The van der Waals surface area contributed by atoms with Crippen LogP contribution in [0.15, 0.2) is 60.7 Å². The minimum atomic E-state index is -2.21. The van der Waals surface area contributed by atoms with E-state index in [2.05, 4.69) is 15.9 Å². The molecule has 0 fully saturated rings. The summed E-state index contributed by atoms with van der Waals surface area (Å²) < 4.78 is 28.3. The first-order valence-electron chi connectivity index (χ1n) is 6.73. The summed E-state index contributed by atoms with van der Waals surface area (Å²) in [5, 5.41) is 7.43. The molecule has 0 heterocycles. The Bertz CT molecular complexity index is 457. The van der Waals surface area contributed by atoms with Crippen molar-refractivity contribution in [3.8, 4) is 0 Å². The second kappa shape index (κ2) is 8.08. The van der Waals surface area contributed by atoms with Crippen molar-refractivity contribution in [1.82, 2.24) is 0 Å². The fourth-order valence-corrected chi connectivity index (χ4v) is 1.28.